The van der Waals surface area contributed by atoms with E-state index < -0.39 is 17.5 Å². The molecule has 2 rings (SSSR count). The Bertz CT molecular complexity index is 720. The van der Waals surface area contributed by atoms with E-state index in [0.717, 1.165) is 12.1 Å². The molecule has 4 nitrogen and oxygen atoms in total. The lowest BCUT2D eigenvalue weighted by Crippen LogP contribution is -2.19. The van der Waals surface area contributed by atoms with Gasteiger partial charge in [-0.2, -0.15) is 5.10 Å². The Hall–Kier alpha value is -2.50. The van der Waals surface area contributed by atoms with E-state index >= 15 is 0 Å². The Labute approximate surface area is 120 Å². The minimum Gasteiger partial charge on any atom is -0.466 e. The molecule has 6 heteroatoms. The average molecular weight is 292 g/mol. The summed E-state index contributed by atoms with van der Waals surface area (Å²) in [7, 11) is 0. The number of aryl methyl sites for hydroxylation is 2. The average Bonchev–Trinajstić information content (AvgIpc) is 2.74. The summed E-state index contributed by atoms with van der Waals surface area (Å²) in [5.74, 6) is -0.765. The van der Waals surface area contributed by atoms with E-state index in [2.05, 4.69) is 10.5 Å². The summed E-state index contributed by atoms with van der Waals surface area (Å²) in [5, 5.41) is 3.82. The number of halogens is 2. The van der Waals surface area contributed by atoms with Gasteiger partial charge >= 0.3 is 0 Å². The van der Waals surface area contributed by atoms with Gasteiger partial charge in [0.05, 0.1) is 11.3 Å². The lowest BCUT2D eigenvalue weighted by Gasteiger charge is -2.04. The molecule has 2 aromatic rings. The van der Waals surface area contributed by atoms with Crippen molar-refractivity contribution in [2.45, 2.75) is 20.8 Å². The quantitative estimate of drug-likeness (QED) is 0.697. The van der Waals surface area contributed by atoms with E-state index in [4.69, 9.17) is 4.42 Å². The normalized spacial score (nSPS) is 11.6. The van der Waals surface area contributed by atoms with Crippen molar-refractivity contribution in [3.8, 4) is 0 Å². The minimum atomic E-state index is -0.735. The van der Waals surface area contributed by atoms with Crippen molar-refractivity contribution in [1.82, 2.24) is 5.43 Å². The fraction of sp³-hybridized carbons (Fsp3) is 0.200. The van der Waals surface area contributed by atoms with Crippen LogP contribution in [0.5, 0.6) is 0 Å². The van der Waals surface area contributed by atoms with Crippen LogP contribution in [-0.4, -0.2) is 11.6 Å². The zero-order chi connectivity index (χ0) is 15.6. The number of nitrogens with one attached hydrogen (secondary N) is 1. The maximum Gasteiger partial charge on any atom is 0.274 e. The zero-order valence-corrected chi connectivity index (χ0v) is 11.8. The number of hydrogen-bond acceptors (Lipinski definition) is 3. The molecule has 0 saturated heterocycles. The zero-order valence-electron chi connectivity index (χ0n) is 11.8. The van der Waals surface area contributed by atoms with Crippen molar-refractivity contribution < 1.29 is 18.0 Å². The maximum atomic E-state index is 13.6. The lowest BCUT2D eigenvalue weighted by atomic mass is 10.1. The van der Waals surface area contributed by atoms with Crippen LogP contribution in [0, 0.1) is 25.5 Å². The second kappa shape index (κ2) is 5.87. The first kappa shape index (κ1) is 14.9. The van der Waals surface area contributed by atoms with Gasteiger partial charge in [-0.05, 0) is 39.0 Å². The Kier molecular flexibility index (Phi) is 4.16. The van der Waals surface area contributed by atoms with Gasteiger partial charge in [-0.1, -0.05) is 0 Å². The van der Waals surface area contributed by atoms with Gasteiger partial charge in [0, 0.05) is 11.6 Å². The molecule has 0 spiro atoms. The number of carbonyl (C=O) groups is 1. The lowest BCUT2D eigenvalue weighted by molar-refractivity contribution is 0.0953. The molecule has 0 fully saturated rings. The summed E-state index contributed by atoms with van der Waals surface area (Å²) >= 11 is 0. The number of furan rings is 1. The highest BCUT2D eigenvalue weighted by Crippen LogP contribution is 2.14. The smallest absolute Gasteiger partial charge is 0.274 e. The number of amides is 1. The predicted octanol–water partition coefficient (Wildman–Crippen LogP) is 3.33. The highest BCUT2D eigenvalue weighted by molar-refractivity contribution is 6.01. The van der Waals surface area contributed by atoms with Crippen molar-refractivity contribution >= 4 is 11.6 Å². The largest absolute Gasteiger partial charge is 0.466 e. The predicted molar refractivity (Wildman–Crippen MR) is 74.2 cm³/mol. The summed E-state index contributed by atoms with van der Waals surface area (Å²) < 4.78 is 31.6. The van der Waals surface area contributed by atoms with Crippen molar-refractivity contribution in [3.63, 3.8) is 0 Å². The first-order valence-electron chi connectivity index (χ1n) is 6.25. The second-order valence-corrected chi connectivity index (χ2v) is 4.59. The van der Waals surface area contributed by atoms with Crippen LogP contribution in [0.1, 0.15) is 34.4 Å². The number of hydrogen-bond donors (Lipinski definition) is 1. The minimum absolute atomic E-state index is 0.122. The van der Waals surface area contributed by atoms with Crippen LogP contribution >= 0.6 is 0 Å². The summed E-state index contributed by atoms with van der Waals surface area (Å²) in [6.07, 6.45) is 0. The fourth-order valence-electron chi connectivity index (χ4n) is 1.89. The Morgan fingerprint density at radius 2 is 1.90 bits per heavy atom. The van der Waals surface area contributed by atoms with Crippen molar-refractivity contribution in [3.05, 3.63) is 58.5 Å². The monoisotopic (exact) mass is 292 g/mol. The number of rotatable bonds is 3. The maximum absolute atomic E-state index is 13.6. The first-order chi connectivity index (χ1) is 9.88. The molecular weight excluding hydrogens is 278 g/mol. The van der Waals surface area contributed by atoms with Gasteiger partial charge in [0.25, 0.3) is 5.91 Å². The summed E-state index contributed by atoms with van der Waals surface area (Å²) in [6.45, 7) is 4.91. The van der Waals surface area contributed by atoms with Gasteiger partial charge in [-0.25, -0.2) is 14.2 Å². The van der Waals surface area contributed by atoms with Gasteiger partial charge in [-0.15, -0.1) is 0 Å². The van der Waals surface area contributed by atoms with Gasteiger partial charge in [0.2, 0.25) is 0 Å². The molecule has 0 saturated carbocycles. The molecule has 0 unspecified atom stereocenters. The van der Waals surface area contributed by atoms with Crippen LogP contribution in [0.2, 0.25) is 0 Å². The van der Waals surface area contributed by atoms with E-state index in [1.807, 2.05) is 0 Å². The van der Waals surface area contributed by atoms with Gasteiger partial charge < -0.3 is 4.42 Å². The second-order valence-electron chi connectivity index (χ2n) is 4.59. The standard InChI is InChI=1S/C15H14F2N2O2/c1-8-6-13(10(3)21-8)15(20)19-18-9(2)12-5-4-11(16)7-14(12)17/h4-7H,1-3H3,(H,19,20)/b18-9-. The molecular formula is C15H14F2N2O2. The van der Waals surface area contributed by atoms with E-state index in [9.17, 15) is 13.6 Å². The third-order valence-corrected chi connectivity index (χ3v) is 2.93. The number of hydrazone groups is 1. The van der Waals surface area contributed by atoms with Gasteiger partial charge in [0.15, 0.2) is 0 Å². The Balaban J connectivity index is 2.17. The van der Waals surface area contributed by atoms with Crippen LogP contribution in [0.15, 0.2) is 33.8 Å². The van der Waals surface area contributed by atoms with Crippen LogP contribution in [0.25, 0.3) is 0 Å². The van der Waals surface area contributed by atoms with E-state index in [0.29, 0.717) is 17.1 Å². The van der Waals surface area contributed by atoms with Crippen LogP contribution in [-0.2, 0) is 0 Å². The molecule has 0 aliphatic carbocycles. The fourth-order valence-corrected chi connectivity index (χ4v) is 1.89. The third kappa shape index (κ3) is 3.34. The molecule has 1 heterocycles. The van der Waals surface area contributed by atoms with Crippen molar-refractivity contribution in [1.29, 1.82) is 0 Å². The molecule has 110 valence electrons. The van der Waals surface area contributed by atoms with Crippen LogP contribution in [0.4, 0.5) is 8.78 Å². The highest BCUT2D eigenvalue weighted by Gasteiger charge is 2.13. The molecule has 1 aromatic heterocycles. The number of nitrogens with zero attached hydrogens (tertiary/aromatic N) is 1. The molecule has 0 aliphatic rings. The van der Waals surface area contributed by atoms with E-state index in [1.54, 1.807) is 19.9 Å². The van der Waals surface area contributed by atoms with Crippen LogP contribution < -0.4 is 5.43 Å². The molecule has 1 N–H and O–H groups in total. The Morgan fingerprint density at radius 3 is 2.48 bits per heavy atom. The van der Waals surface area contributed by atoms with E-state index in [-0.39, 0.29) is 11.3 Å². The van der Waals surface area contributed by atoms with Gasteiger partial charge in [-0.3, -0.25) is 4.79 Å². The number of carbonyl (C=O) groups excluding carboxylic acids is 1. The molecule has 1 amide bonds. The Morgan fingerprint density at radius 1 is 1.19 bits per heavy atom. The van der Waals surface area contributed by atoms with Crippen LogP contribution in [0.3, 0.4) is 0 Å². The third-order valence-electron chi connectivity index (χ3n) is 2.93. The molecule has 21 heavy (non-hydrogen) atoms. The summed E-state index contributed by atoms with van der Waals surface area (Å²) in [5.41, 5.74) is 3.04. The molecule has 0 bridgehead atoms. The molecule has 0 radical (unpaired) electrons. The van der Waals surface area contributed by atoms with E-state index in [1.165, 1.54) is 13.0 Å². The molecule has 1 aromatic carbocycles. The SMILES string of the molecule is C/C(=N/NC(=O)c1cc(C)oc1C)c1ccc(F)cc1F. The number of benzene rings is 1. The molecule has 0 aliphatic heterocycles. The van der Waals surface area contributed by atoms with Gasteiger partial charge in [0.1, 0.15) is 23.2 Å². The highest BCUT2D eigenvalue weighted by atomic mass is 19.1. The summed E-state index contributed by atoms with van der Waals surface area (Å²) in [6, 6.07) is 4.75. The first-order valence-corrected chi connectivity index (χ1v) is 6.25. The molecule has 0 atom stereocenters. The summed E-state index contributed by atoms with van der Waals surface area (Å²) in [4.78, 5) is 11.9. The topological polar surface area (TPSA) is 54.6 Å². The van der Waals surface area contributed by atoms with Crippen molar-refractivity contribution in [2.75, 3.05) is 0 Å². The van der Waals surface area contributed by atoms with Crippen molar-refractivity contribution in [2.24, 2.45) is 5.10 Å².